The van der Waals surface area contributed by atoms with Gasteiger partial charge in [0.1, 0.15) is 0 Å². The second-order valence-corrected chi connectivity index (χ2v) is 21.1. The molecule has 0 radical (unpaired) electrons. The highest BCUT2D eigenvalue weighted by Gasteiger charge is 2.48. The SMILES string of the molecule is c1ccc(-c2cccc3c2B(c2ccc4cc(N5c6ccccc6[Si](c6ccccc6)(c6ccccc6)c6ccccc65)ccc4c2)c2c-3nc3ccccc3c2-c2ccccc2)cc1. The molecule has 0 spiro atoms. The number of para-hydroxylation sites is 3. The van der Waals surface area contributed by atoms with Gasteiger partial charge in [0.2, 0.25) is 6.71 Å². The molecule has 0 atom stereocenters. The molecule has 1 aromatic heterocycles. The van der Waals surface area contributed by atoms with E-state index < -0.39 is 8.07 Å². The zero-order chi connectivity index (χ0) is 42.9. The zero-order valence-corrected chi connectivity index (χ0v) is 36.6. The summed E-state index contributed by atoms with van der Waals surface area (Å²) in [5.74, 6) is 0. The van der Waals surface area contributed by atoms with Crippen LogP contribution in [0.1, 0.15) is 0 Å². The van der Waals surface area contributed by atoms with Crippen LogP contribution >= 0.6 is 0 Å². The van der Waals surface area contributed by atoms with Gasteiger partial charge in [0.05, 0.1) is 11.2 Å². The van der Waals surface area contributed by atoms with Gasteiger partial charge >= 0.3 is 0 Å². The van der Waals surface area contributed by atoms with E-state index in [1.165, 1.54) is 92.5 Å². The highest BCUT2D eigenvalue weighted by molar-refractivity contribution is 7.21. The quantitative estimate of drug-likeness (QED) is 0.155. The van der Waals surface area contributed by atoms with Gasteiger partial charge in [-0.15, -0.1) is 0 Å². The molecule has 2 aliphatic rings. The van der Waals surface area contributed by atoms with E-state index in [1.807, 2.05) is 0 Å². The lowest BCUT2D eigenvalue weighted by atomic mass is 9.37. The second kappa shape index (κ2) is 15.1. The standard InChI is InChI=1S/C61H41BN2Si/c1-5-20-42(21-6-1)50-29-19-30-52-59(50)62(60-58(43-22-7-2-8-23-43)51-28-13-14-31-53(51)63-61(52)60)46-38-36-45-41-47(39-37-44(45)40-46)64-54-32-15-17-34-56(54)65(48-24-9-3-10-25-48,49-26-11-4-12-27-49)57-35-18-16-33-55(57)64/h1-41H. The smallest absolute Gasteiger partial charge is 0.246 e. The lowest BCUT2D eigenvalue weighted by Gasteiger charge is -2.45. The summed E-state index contributed by atoms with van der Waals surface area (Å²) in [4.78, 5) is 8.01. The Morgan fingerprint density at radius 3 is 1.62 bits per heavy atom. The van der Waals surface area contributed by atoms with Crippen molar-refractivity contribution in [3.63, 3.8) is 0 Å². The van der Waals surface area contributed by atoms with Crippen LogP contribution in [0.4, 0.5) is 17.1 Å². The first kappa shape index (κ1) is 37.5. The molecule has 0 amide bonds. The Labute approximate surface area is 380 Å². The normalized spacial score (nSPS) is 13.3. The summed E-state index contributed by atoms with van der Waals surface area (Å²) in [6.07, 6.45) is 0. The Balaban J connectivity index is 1.01. The third-order valence-corrected chi connectivity index (χ3v) is 18.8. The molecular weight excluding hydrogens is 800 g/mol. The fraction of sp³-hybridized carbons (Fsp3) is 0. The monoisotopic (exact) mass is 840 g/mol. The summed E-state index contributed by atoms with van der Waals surface area (Å²) in [7, 11) is -2.71. The van der Waals surface area contributed by atoms with Crippen molar-refractivity contribution in [2.24, 2.45) is 0 Å². The number of aromatic nitrogens is 1. The first-order valence-corrected chi connectivity index (χ1v) is 24.6. The van der Waals surface area contributed by atoms with Gasteiger partial charge in [0.15, 0.2) is 8.07 Å². The maximum atomic E-state index is 5.50. The van der Waals surface area contributed by atoms with E-state index in [4.69, 9.17) is 4.98 Å². The van der Waals surface area contributed by atoms with Crippen LogP contribution < -0.4 is 42.0 Å². The van der Waals surface area contributed by atoms with Crippen molar-refractivity contribution < 1.29 is 0 Å². The van der Waals surface area contributed by atoms with Crippen molar-refractivity contribution in [1.82, 2.24) is 4.98 Å². The van der Waals surface area contributed by atoms with Crippen LogP contribution in [0.25, 0.3) is 55.2 Å². The molecule has 0 unspecified atom stereocenters. The average Bonchev–Trinajstić information content (AvgIpc) is 3.72. The summed E-state index contributed by atoms with van der Waals surface area (Å²) in [6.45, 7) is -0.0392. The average molecular weight is 841 g/mol. The van der Waals surface area contributed by atoms with Crippen LogP contribution in [0.15, 0.2) is 249 Å². The van der Waals surface area contributed by atoms with Crippen LogP contribution in [0, 0.1) is 0 Å². The van der Waals surface area contributed by atoms with Crippen molar-refractivity contribution in [2.45, 2.75) is 0 Å². The molecule has 0 N–H and O–H groups in total. The third kappa shape index (κ3) is 5.71. The molecule has 0 fully saturated rings. The van der Waals surface area contributed by atoms with E-state index in [9.17, 15) is 0 Å². The predicted octanol–water partition coefficient (Wildman–Crippen LogP) is 10.4. The van der Waals surface area contributed by atoms with Gasteiger partial charge in [-0.3, -0.25) is 0 Å². The van der Waals surface area contributed by atoms with E-state index in [0.717, 1.165) is 16.9 Å². The van der Waals surface area contributed by atoms with Crippen molar-refractivity contribution in [1.29, 1.82) is 0 Å². The molecule has 0 aliphatic carbocycles. The molecule has 0 bridgehead atoms. The van der Waals surface area contributed by atoms with Crippen molar-refractivity contribution >= 4 is 90.7 Å². The van der Waals surface area contributed by atoms with Crippen LogP contribution in [0.2, 0.25) is 0 Å². The lowest BCUT2D eigenvalue weighted by molar-refractivity contribution is 1.29. The van der Waals surface area contributed by atoms with Gasteiger partial charge in [0.25, 0.3) is 0 Å². The first-order chi connectivity index (χ1) is 32.3. The van der Waals surface area contributed by atoms with Gasteiger partial charge in [-0.05, 0) is 95.1 Å². The Bertz CT molecular complexity index is 3520. The molecule has 3 heterocycles. The number of benzene rings is 10. The predicted molar refractivity (Wildman–Crippen MR) is 279 cm³/mol. The Morgan fingerprint density at radius 2 is 0.938 bits per heavy atom. The second-order valence-electron chi connectivity index (χ2n) is 17.3. The maximum Gasteiger partial charge on any atom is 0.246 e. The topological polar surface area (TPSA) is 16.1 Å². The number of anilines is 3. The fourth-order valence-electron chi connectivity index (χ4n) is 11.3. The summed E-state index contributed by atoms with van der Waals surface area (Å²) < 4.78 is 0. The zero-order valence-electron chi connectivity index (χ0n) is 35.6. The van der Waals surface area contributed by atoms with Crippen molar-refractivity contribution in [2.75, 3.05) is 4.90 Å². The number of hydrogen-bond donors (Lipinski definition) is 0. The Kier molecular flexibility index (Phi) is 8.68. The number of rotatable bonds is 6. The van der Waals surface area contributed by atoms with Crippen LogP contribution in [0.5, 0.6) is 0 Å². The molecule has 4 heteroatoms. The molecule has 13 rings (SSSR count). The molecule has 2 nitrogen and oxygen atoms in total. The van der Waals surface area contributed by atoms with Gasteiger partial charge in [0, 0.05) is 22.4 Å². The number of hydrogen-bond acceptors (Lipinski definition) is 2. The summed E-state index contributed by atoms with van der Waals surface area (Å²) in [6, 6.07) is 92.2. The lowest BCUT2D eigenvalue weighted by Crippen LogP contribution is -2.77. The molecule has 65 heavy (non-hydrogen) atoms. The summed E-state index contributed by atoms with van der Waals surface area (Å²) in [5.41, 5.74) is 15.7. The Morgan fingerprint density at radius 1 is 0.400 bits per heavy atom. The number of pyridine rings is 1. The molecule has 2 aliphatic heterocycles. The minimum absolute atomic E-state index is 0.0392. The van der Waals surface area contributed by atoms with Gasteiger partial charge in [-0.25, -0.2) is 4.98 Å². The minimum Gasteiger partial charge on any atom is -0.311 e. The molecule has 302 valence electrons. The minimum atomic E-state index is -2.71. The van der Waals surface area contributed by atoms with Crippen LogP contribution in [-0.4, -0.2) is 19.8 Å². The largest absolute Gasteiger partial charge is 0.311 e. The fourth-order valence-corrected chi connectivity index (χ4v) is 16.4. The van der Waals surface area contributed by atoms with Gasteiger partial charge in [-0.2, -0.15) is 0 Å². The van der Waals surface area contributed by atoms with Crippen molar-refractivity contribution in [3.8, 4) is 33.5 Å². The third-order valence-electron chi connectivity index (χ3n) is 14.0. The molecular formula is C61H41BN2Si. The molecule has 0 saturated carbocycles. The van der Waals surface area contributed by atoms with Gasteiger partial charge < -0.3 is 4.90 Å². The first-order valence-electron chi connectivity index (χ1n) is 22.6. The highest BCUT2D eigenvalue weighted by Crippen LogP contribution is 2.40. The van der Waals surface area contributed by atoms with E-state index >= 15 is 0 Å². The molecule has 10 aromatic carbocycles. The van der Waals surface area contributed by atoms with Crippen molar-refractivity contribution in [3.05, 3.63) is 249 Å². The Hall–Kier alpha value is -8.05. The summed E-state index contributed by atoms with van der Waals surface area (Å²) in [5, 5.41) is 9.17. The molecule has 0 saturated heterocycles. The van der Waals surface area contributed by atoms with E-state index in [-0.39, 0.29) is 6.71 Å². The van der Waals surface area contributed by atoms with Crippen LogP contribution in [-0.2, 0) is 0 Å². The molecule has 11 aromatic rings. The van der Waals surface area contributed by atoms with E-state index in [0.29, 0.717) is 0 Å². The van der Waals surface area contributed by atoms with E-state index in [2.05, 4.69) is 254 Å². The van der Waals surface area contributed by atoms with E-state index in [1.54, 1.807) is 0 Å². The summed E-state index contributed by atoms with van der Waals surface area (Å²) >= 11 is 0. The number of fused-ring (bicyclic) bond motifs is 7. The maximum absolute atomic E-state index is 5.50. The van der Waals surface area contributed by atoms with Gasteiger partial charge in [-0.1, -0.05) is 229 Å². The number of nitrogens with zero attached hydrogens (tertiary/aromatic N) is 2. The van der Waals surface area contributed by atoms with Crippen LogP contribution in [0.3, 0.4) is 0 Å². The highest BCUT2D eigenvalue weighted by atomic mass is 28.3.